The van der Waals surface area contributed by atoms with E-state index < -0.39 is 6.04 Å². The molecule has 1 saturated heterocycles. The zero-order chi connectivity index (χ0) is 14.5. The highest BCUT2D eigenvalue weighted by Gasteiger charge is 2.33. The van der Waals surface area contributed by atoms with E-state index in [9.17, 15) is 4.79 Å². The van der Waals surface area contributed by atoms with Gasteiger partial charge in [-0.15, -0.1) is 0 Å². The van der Waals surface area contributed by atoms with Crippen LogP contribution in [0.2, 0.25) is 0 Å². The SMILES string of the molecule is CN1C(=O)C(N)c2ccc(N3CCC(C)(C)CC3)cc21. The van der Waals surface area contributed by atoms with Gasteiger partial charge >= 0.3 is 0 Å². The molecule has 4 heteroatoms. The van der Waals surface area contributed by atoms with Crippen LogP contribution in [0.25, 0.3) is 0 Å². The van der Waals surface area contributed by atoms with Crippen molar-refractivity contribution in [1.82, 2.24) is 0 Å². The number of carbonyl (C=O) groups excluding carboxylic acids is 1. The number of hydrogen-bond donors (Lipinski definition) is 1. The lowest BCUT2D eigenvalue weighted by molar-refractivity contribution is -0.118. The molecule has 0 radical (unpaired) electrons. The van der Waals surface area contributed by atoms with E-state index in [-0.39, 0.29) is 5.91 Å². The molecule has 3 rings (SSSR count). The lowest BCUT2D eigenvalue weighted by Gasteiger charge is -2.38. The first-order chi connectivity index (χ1) is 9.39. The largest absolute Gasteiger partial charge is 0.371 e. The summed E-state index contributed by atoms with van der Waals surface area (Å²) in [5.74, 6) is -0.0167. The number of likely N-dealkylation sites (N-methyl/N-ethyl adjacent to an activating group) is 1. The van der Waals surface area contributed by atoms with Crippen LogP contribution in [0.3, 0.4) is 0 Å². The molecule has 2 N–H and O–H groups in total. The summed E-state index contributed by atoms with van der Waals surface area (Å²) in [5.41, 5.74) is 9.49. The first kappa shape index (κ1) is 13.4. The van der Waals surface area contributed by atoms with E-state index in [2.05, 4.69) is 30.9 Å². The molecule has 0 aliphatic carbocycles. The number of amides is 1. The van der Waals surface area contributed by atoms with Gasteiger partial charge in [0.05, 0.1) is 5.69 Å². The minimum absolute atomic E-state index is 0.0167. The van der Waals surface area contributed by atoms with Crippen molar-refractivity contribution in [2.75, 3.05) is 29.9 Å². The summed E-state index contributed by atoms with van der Waals surface area (Å²) in [6.45, 7) is 6.82. The maximum Gasteiger partial charge on any atom is 0.248 e. The van der Waals surface area contributed by atoms with Gasteiger partial charge in [0, 0.05) is 31.4 Å². The molecule has 108 valence electrons. The summed E-state index contributed by atoms with van der Waals surface area (Å²) in [6, 6.07) is 5.72. The van der Waals surface area contributed by atoms with Crippen molar-refractivity contribution in [3.63, 3.8) is 0 Å². The predicted octanol–water partition coefficient (Wildman–Crippen LogP) is 2.29. The van der Waals surface area contributed by atoms with Gasteiger partial charge in [-0.25, -0.2) is 0 Å². The highest BCUT2D eigenvalue weighted by molar-refractivity contribution is 6.04. The Morgan fingerprint density at radius 2 is 1.90 bits per heavy atom. The molecule has 1 atom stereocenters. The van der Waals surface area contributed by atoms with Gasteiger partial charge in [-0.1, -0.05) is 19.9 Å². The van der Waals surface area contributed by atoms with Crippen LogP contribution >= 0.6 is 0 Å². The van der Waals surface area contributed by atoms with Crippen molar-refractivity contribution in [2.24, 2.45) is 11.1 Å². The third-order valence-corrected chi connectivity index (χ3v) is 4.79. The van der Waals surface area contributed by atoms with Crippen LogP contribution in [0.5, 0.6) is 0 Å². The van der Waals surface area contributed by atoms with Crippen LogP contribution in [0.4, 0.5) is 11.4 Å². The van der Waals surface area contributed by atoms with Crippen molar-refractivity contribution in [3.8, 4) is 0 Å². The first-order valence-corrected chi connectivity index (χ1v) is 7.31. The summed E-state index contributed by atoms with van der Waals surface area (Å²) in [5, 5.41) is 0. The molecule has 2 heterocycles. The van der Waals surface area contributed by atoms with E-state index in [0.29, 0.717) is 5.41 Å². The van der Waals surface area contributed by atoms with E-state index in [0.717, 1.165) is 24.3 Å². The fraction of sp³-hybridized carbons (Fsp3) is 0.562. The van der Waals surface area contributed by atoms with Gasteiger partial charge in [-0.3, -0.25) is 4.79 Å². The van der Waals surface area contributed by atoms with Crippen LogP contribution in [0.15, 0.2) is 18.2 Å². The molecule has 20 heavy (non-hydrogen) atoms. The minimum Gasteiger partial charge on any atom is -0.371 e. The van der Waals surface area contributed by atoms with Crippen molar-refractivity contribution in [2.45, 2.75) is 32.7 Å². The quantitative estimate of drug-likeness (QED) is 0.854. The molecule has 1 aromatic carbocycles. The first-order valence-electron chi connectivity index (χ1n) is 7.31. The number of hydrogen-bond acceptors (Lipinski definition) is 3. The lowest BCUT2D eigenvalue weighted by Crippen LogP contribution is -2.37. The maximum absolute atomic E-state index is 11.9. The summed E-state index contributed by atoms with van der Waals surface area (Å²) < 4.78 is 0. The average Bonchev–Trinajstić information content (AvgIpc) is 2.64. The monoisotopic (exact) mass is 273 g/mol. The van der Waals surface area contributed by atoms with Crippen LogP contribution < -0.4 is 15.5 Å². The topological polar surface area (TPSA) is 49.6 Å². The molecule has 1 unspecified atom stereocenters. The molecule has 0 spiro atoms. The maximum atomic E-state index is 11.9. The van der Waals surface area contributed by atoms with E-state index in [4.69, 9.17) is 5.73 Å². The van der Waals surface area contributed by atoms with Crippen molar-refractivity contribution >= 4 is 17.3 Å². The molecule has 1 fully saturated rings. The molecular weight excluding hydrogens is 250 g/mol. The van der Waals surface area contributed by atoms with Gasteiger partial charge in [-0.2, -0.15) is 0 Å². The molecule has 0 bridgehead atoms. The lowest BCUT2D eigenvalue weighted by atomic mass is 9.82. The van der Waals surface area contributed by atoms with Crippen molar-refractivity contribution in [3.05, 3.63) is 23.8 Å². The third-order valence-electron chi connectivity index (χ3n) is 4.79. The van der Waals surface area contributed by atoms with Gasteiger partial charge in [0.2, 0.25) is 5.91 Å². The number of anilines is 2. The third kappa shape index (κ3) is 2.08. The zero-order valence-electron chi connectivity index (χ0n) is 12.5. The average molecular weight is 273 g/mol. The number of nitrogens with zero attached hydrogens (tertiary/aromatic N) is 2. The normalized spacial score (nSPS) is 25.0. The number of carbonyl (C=O) groups is 1. The Balaban J connectivity index is 1.86. The fourth-order valence-corrected chi connectivity index (χ4v) is 3.11. The molecule has 2 aliphatic heterocycles. The number of fused-ring (bicyclic) bond motifs is 1. The molecule has 4 nitrogen and oxygen atoms in total. The molecule has 2 aliphatic rings. The van der Waals surface area contributed by atoms with E-state index in [1.54, 1.807) is 11.9 Å². The molecule has 0 saturated carbocycles. The standard InChI is InChI=1S/C16H23N3O/c1-16(2)6-8-19(9-7-16)11-4-5-12-13(10-11)18(3)15(20)14(12)17/h4-5,10,14H,6-9,17H2,1-3H3. The van der Waals surface area contributed by atoms with E-state index >= 15 is 0 Å². The second kappa shape index (κ2) is 4.48. The number of rotatable bonds is 1. The molecular formula is C16H23N3O. The van der Waals surface area contributed by atoms with Crippen molar-refractivity contribution < 1.29 is 4.79 Å². The molecule has 1 aromatic rings. The Bertz CT molecular complexity index is 543. The van der Waals surface area contributed by atoms with Gasteiger partial charge in [0.25, 0.3) is 0 Å². The highest BCUT2D eigenvalue weighted by Crippen LogP contribution is 2.38. The second-order valence-electron chi connectivity index (χ2n) is 6.77. The Labute approximate surface area is 120 Å². The van der Waals surface area contributed by atoms with Crippen LogP contribution in [0.1, 0.15) is 38.3 Å². The van der Waals surface area contributed by atoms with Gasteiger partial charge < -0.3 is 15.5 Å². The Kier molecular flexibility index (Phi) is 3.01. The Morgan fingerprint density at radius 3 is 2.55 bits per heavy atom. The van der Waals surface area contributed by atoms with Crippen LogP contribution in [-0.2, 0) is 4.79 Å². The summed E-state index contributed by atoms with van der Waals surface area (Å²) in [4.78, 5) is 16.0. The highest BCUT2D eigenvalue weighted by atomic mass is 16.2. The van der Waals surface area contributed by atoms with E-state index in [1.807, 2.05) is 6.07 Å². The Hall–Kier alpha value is -1.55. The van der Waals surface area contributed by atoms with Gasteiger partial charge in [0.1, 0.15) is 6.04 Å². The molecule has 0 aromatic heterocycles. The summed E-state index contributed by atoms with van der Waals surface area (Å²) >= 11 is 0. The Morgan fingerprint density at radius 1 is 1.25 bits per heavy atom. The smallest absolute Gasteiger partial charge is 0.248 e. The van der Waals surface area contributed by atoms with Crippen LogP contribution in [-0.4, -0.2) is 26.0 Å². The summed E-state index contributed by atoms with van der Waals surface area (Å²) in [7, 11) is 1.80. The van der Waals surface area contributed by atoms with Gasteiger partial charge in [-0.05, 0) is 30.4 Å². The number of nitrogens with two attached hydrogens (primary N) is 1. The number of benzene rings is 1. The molecule has 1 amide bonds. The minimum atomic E-state index is -0.496. The van der Waals surface area contributed by atoms with E-state index in [1.165, 1.54) is 18.5 Å². The second-order valence-corrected chi connectivity index (χ2v) is 6.77. The predicted molar refractivity (Wildman–Crippen MR) is 82.0 cm³/mol. The number of piperidine rings is 1. The van der Waals surface area contributed by atoms with Crippen LogP contribution in [0, 0.1) is 5.41 Å². The zero-order valence-corrected chi connectivity index (χ0v) is 12.5. The fourth-order valence-electron chi connectivity index (χ4n) is 3.11. The summed E-state index contributed by atoms with van der Waals surface area (Å²) in [6.07, 6.45) is 2.41. The van der Waals surface area contributed by atoms with Crippen molar-refractivity contribution in [1.29, 1.82) is 0 Å². The van der Waals surface area contributed by atoms with Gasteiger partial charge in [0.15, 0.2) is 0 Å².